The number of imidazole rings is 1. The summed E-state index contributed by atoms with van der Waals surface area (Å²) in [7, 11) is -3.70. The number of aromatic nitrogens is 2. The van der Waals surface area contributed by atoms with Gasteiger partial charge in [-0.2, -0.15) is 0 Å². The molecule has 0 amide bonds. The maximum atomic E-state index is 11.6. The molecule has 1 heterocycles. The van der Waals surface area contributed by atoms with Gasteiger partial charge in [0, 0.05) is 25.2 Å². The molecule has 0 aliphatic carbocycles. The molecule has 3 aromatic rings. The van der Waals surface area contributed by atoms with E-state index in [2.05, 4.69) is 42.4 Å². The number of rotatable bonds is 12. The summed E-state index contributed by atoms with van der Waals surface area (Å²) in [6.07, 6.45) is 4.26. The van der Waals surface area contributed by atoms with Crippen molar-refractivity contribution >= 4 is 21.6 Å². The minimum absolute atomic E-state index is 0.125. The second-order valence-electron chi connectivity index (χ2n) is 8.75. The van der Waals surface area contributed by atoms with Crippen LogP contribution in [0.1, 0.15) is 56.4 Å². The van der Waals surface area contributed by atoms with Gasteiger partial charge >= 0.3 is 0 Å². The van der Waals surface area contributed by atoms with E-state index in [0.717, 1.165) is 61.4 Å². The van der Waals surface area contributed by atoms with E-state index in [0.29, 0.717) is 18.2 Å². The third kappa shape index (κ3) is 6.69. The normalized spacial score (nSPS) is 11.9. The van der Waals surface area contributed by atoms with E-state index in [4.69, 9.17) is 21.7 Å². The van der Waals surface area contributed by atoms with E-state index >= 15 is 0 Å². The molecule has 0 unspecified atom stereocenters. The highest BCUT2D eigenvalue weighted by Gasteiger charge is 2.20. The van der Waals surface area contributed by atoms with Gasteiger partial charge in [0.05, 0.1) is 10.6 Å². The number of sulfonamides is 1. The van der Waals surface area contributed by atoms with Crippen LogP contribution in [-0.4, -0.2) is 29.4 Å². The van der Waals surface area contributed by atoms with Crippen LogP contribution in [0.3, 0.4) is 0 Å². The molecule has 0 spiro atoms. The third-order valence-electron chi connectivity index (χ3n) is 6.00. The summed E-state index contributed by atoms with van der Waals surface area (Å²) >= 11 is 6.74. The summed E-state index contributed by atoms with van der Waals surface area (Å²) in [6, 6.07) is 15.1. The molecule has 1 aromatic heterocycles. The predicted molar refractivity (Wildman–Crippen MR) is 139 cm³/mol. The van der Waals surface area contributed by atoms with Crippen LogP contribution in [0.2, 0.25) is 5.15 Å². The topological polar surface area (TPSA) is 81.2 Å². The Hall–Kier alpha value is -2.19. The lowest BCUT2D eigenvalue weighted by atomic mass is 10.1. The van der Waals surface area contributed by atoms with Gasteiger partial charge in [0.15, 0.2) is 5.15 Å². The number of benzene rings is 2. The Bertz CT molecular complexity index is 1190. The Morgan fingerprint density at radius 1 is 1.00 bits per heavy atom. The summed E-state index contributed by atoms with van der Waals surface area (Å²) in [5.74, 6) is 0.916. The summed E-state index contributed by atoms with van der Waals surface area (Å²) in [4.78, 5) is 7.27. The predicted octanol–water partition coefficient (Wildman–Crippen LogP) is 5.76. The number of primary sulfonamides is 1. The van der Waals surface area contributed by atoms with Gasteiger partial charge in [0.25, 0.3) is 0 Å². The number of unbranched alkanes of at least 4 members (excludes halogenated alkanes) is 2. The van der Waals surface area contributed by atoms with Crippen LogP contribution in [-0.2, 0) is 29.7 Å². The number of aryl methyl sites for hydroxylation is 1. The van der Waals surface area contributed by atoms with Crippen molar-refractivity contribution in [3.05, 3.63) is 70.5 Å². The molecule has 6 nitrogen and oxygen atoms in total. The molecule has 0 saturated heterocycles. The van der Waals surface area contributed by atoms with Crippen molar-refractivity contribution < 1.29 is 8.42 Å². The third-order valence-corrected chi connectivity index (χ3v) is 7.24. The first-order valence-electron chi connectivity index (χ1n) is 11.9. The van der Waals surface area contributed by atoms with Crippen LogP contribution >= 0.6 is 11.6 Å². The summed E-state index contributed by atoms with van der Waals surface area (Å²) in [6.45, 7) is 9.57. The van der Waals surface area contributed by atoms with Crippen molar-refractivity contribution in [2.24, 2.45) is 5.14 Å². The number of hydrogen-bond acceptors (Lipinski definition) is 4. The minimum Gasteiger partial charge on any atom is -0.325 e. The fourth-order valence-corrected chi connectivity index (χ4v) is 4.80. The lowest BCUT2D eigenvalue weighted by molar-refractivity contribution is 0.246. The summed E-state index contributed by atoms with van der Waals surface area (Å²) in [5, 5.41) is 5.79. The average molecular weight is 503 g/mol. The molecular weight excluding hydrogens is 468 g/mol. The zero-order valence-electron chi connectivity index (χ0n) is 20.3. The van der Waals surface area contributed by atoms with Crippen molar-refractivity contribution in [3.8, 4) is 11.4 Å². The molecular formula is C26H35ClN4O2S. The zero-order chi connectivity index (χ0) is 24.7. The number of hydrogen-bond donors (Lipinski definition) is 1. The largest absolute Gasteiger partial charge is 0.325 e. The van der Waals surface area contributed by atoms with E-state index in [9.17, 15) is 8.42 Å². The molecule has 2 aromatic carbocycles. The minimum atomic E-state index is -3.70. The molecule has 3 rings (SSSR count). The lowest BCUT2D eigenvalue weighted by Gasteiger charge is -2.24. The van der Waals surface area contributed by atoms with Crippen LogP contribution in [0.4, 0.5) is 0 Å². The van der Waals surface area contributed by atoms with Gasteiger partial charge in [-0.15, -0.1) is 0 Å². The van der Waals surface area contributed by atoms with Crippen LogP contribution in [0, 0.1) is 6.92 Å². The second-order valence-corrected chi connectivity index (χ2v) is 10.7. The van der Waals surface area contributed by atoms with Gasteiger partial charge in [-0.1, -0.05) is 74.7 Å². The van der Waals surface area contributed by atoms with Crippen LogP contribution < -0.4 is 5.14 Å². The van der Waals surface area contributed by atoms with Crippen molar-refractivity contribution in [3.63, 3.8) is 0 Å². The number of halogens is 1. The first kappa shape index (κ1) is 26.4. The van der Waals surface area contributed by atoms with Crippen LogP contribution in [0.15, 0.2) is 53.4 Å². The molecule has 184 valence electrons. The Balaban J connectivity index is 1.93. The first-order chi connectivity index (χ1) is 16.2. The molecule has 2 N–H and O–H groups in total. The molecule has 34 heavy (non-hydrogen) atoms. The van der Waals surface area contributed by atoms with Crippen molar-refractivity contribution in [1.82, 2.24) is 14.5 Å². The standard InChI is InChI=1S/C26H35ClN4O2S/c1-4-6-16-30(18-21-12-14-22(15-13-21)34(28,32)33)19-24-25(27)29-26(31(24)17-7-5-2)23-11-9-8-10-20(23)3/h8-15H,4-7,16-19H2,1-3H3,(H2,28,32,33). The fourth-order valence-electron chi connectivity index (χ4n) is 4.04. The highest BCUT2D eigenvalue weighted by atomic mass is 35.5. The SMILES string of the molecule is CCCCN(Cc1ccc(S(N)(=O)=O)cc1)Cc1c(Cl)nc(-c2ccccc2C)n1CCCC. The van der Waals surface area contributed by atoms with E-state index in [1.54, 1.807) is 12.1 Å². The molecule has 0 radical (unpaired) electrons. The lowest BCUT2D eigenvalue weighted by Crippen LogP contribution is -2.26. The Morgan fingerprint density at radius 3 is 2.29 bits per heavy atom. The molecule has 0 saturated carbocycles. The van der Waals surface area contributed by atoms with E-state index in [1.807, 2.05) is 24.3 Å². The van der Waals surface area contributed by atoms with Crippen molar-refractivity contribution in [2.45, 2.75) is 71.0 Å². The smallest absolute Gasteiger partial charge is 0.238 e. The first-order valence-corrected chi connectivity index (χ1v) is 13.8. The van der Waals surface area contributed by atoms with Crippen LogP contribution in [0.25, 0.3) is 11.4 Å². The van der Waals surface area contributed by atoms with E-state index < -0.39 is 10.0 Å². The quantitative estimate of drug-likeness (QED) is 0.341. The molecule has 0 atom stereocenters. The van der Waals surface area contributed by atoms with Gasteiger partial charge < -0.3 is 4.57 Å². The maximum Gasteiger partial charge on any atom is 0.238 e. The highest BCUT2D eigenvalue weighted by Crippen LogP contribution is 2.30. The van der Waals surface area contributed by atoms with Gasteiger partial charge in [-0.25, -0.2) is 18.5 Å². The van der Waals surface area contributed by atoms with Gasteiger partial charge in [-0.3, -0.25) is 4.90 Å². The van der Waals surface area contributed by atoms with E-state index in [1.165, 1.54) is 5.56 Å². The summed E-state index contributed by atoms with van der Waals surface area (Å²) in [5.41, 5.74) is 4.32. The van der Waals surface area contributed by atoms with Gasteiger partial charge in [0.1, 0.15) is 5.82 Å². The molecule has 0 fully saturated rings. The van der Waals surface area contributed by atoms with Crippen LogP contribution in [0.5, 0.6) is 0 Å². The highest BCUT2D eigenvalue weighted by molar-refractivity contribution is 7.89. The van der Waals surface area contributed by atoms with Gasteiger partial charge in [-0.05, 0) is 49.6 Å². The Morgan fingerprint density at radius 2 is 1.68 bits per heavy atom. The van der Waals surface area contributed by atoms with Crippen molar-refractivity contribution in [2.75, 3.05) is 6.54 Å². The zero-order valence-corrected chi connectivity index (χ0v) is 21.9. The number of nitrogens with zero attached hydrogens (tertiary/aromatic N) is 3. The molecule has 0 aliphatic heterocycles. The molecule has 0 bridgehead atoms. The maximum absolute atomic E-state index is 11.6. The Labute approximate surface area is 208 Å². The molecule has 8 heteroatoms. The Kier molecular flexibility index (Phi) is 9.31. The van der Waals surface area contributed by atoms with E-state index in [-0.39, 0.29) is 4.90 Å². The molecule has 0 aliphatic rings. The van der Waals surface area contributed by atoms with Gasteiger partial charge in [0.2, 0.25) is 10.0 Å². The fraction of sp³-hybridized carbons (Fsp3) is 0.423. The average Bonchev–Trinajstić information content (AvgIpc) is 3.10. The number of nitrogens with two attached hydrogens (primary N) is 1. The summed E-state index contributed by atoms with van der Waals surface area (Å²) < 4.78 is 25.5. The monoisotopic (exact) mass is 502 g/mol. The second kappa shape index (κ2) is 12.0. The van der Waals surface area contributed by atoms with Crippen molar-refractivity contribution in [1.29, 1.82) is 0 Å².